The van der Waals surface area contributed by atoms with E-state index < -0.39 is 0 Å². The second-order valence-corrected chi connectivity index (χ2v) is 2.58. The molecule has 2 rings (SSSR count). The third kappa shape index (κ3) is 3.27. The second-order valence-electron chi connectivity index (χ2n) is 2.58. The Bertz CT molecular complexity index is 440. The van der Waals surface area contributed by atoms with Crippen LogP contribution in [0.5, 0.6) is 0 Å². The van der Waals surface area contributed by atoms with Gasteiger partial charge in [-0.05, 0) is 18.6 Å². The predicted octanol–water partition coefficient (Wildman–Crippen LogP) is 3.22. The van der Waals surface area contributed by atoms with Crippen LogP contribution < -0.4 is 5.56 Å². The van der Waals surface area contributed by atoms with Gasteiger partial charge in [0.25, 0.3) is 0 Å². The van der Waals surface area contributed by atoms with E-state index in [-0.39, 0.29) is 5.56 Å². The van der Waals surface area contributed by atoms with Gasteiger partial charge >= 0.3 is 0 Å². The van der Waals surface area contributed by atoms with Crippen molar-refractivity contribution in [3.05, 3.63) is 34.2 Å². The minimum absolute atomic E-state index is 0.0554. The Morgan fingerprint density at radius 1 is 1.07 bits per heavy atom. The number of rotatable bonds is 0. The van der Waals surface area contributed by atoms with Crippen molar-refractivity contribution >= 4 is 11.0 Å². The third-order valence-electron chi connectivity index (χ3n) is 1.76. The normalized spacial score (nSPS) is 8.60. The van der Waals surface area contributed by atoms with E-state index in [9.17, 15) is 4.79 Å². The van der Waals surface area contributed by atoms with Gasteiger partial charge in [-0.15, -0.1) is 0 Å². The van der Waals surface area contributed by atoms with Crippen molar-refractivity contribution in [2.75, 3.05) is 0 Å². The SMILES string of the molecule is CC.CC.Cc1c[nH]c2ccc(=O)[nH]c12. The van der Waals surface area contributed by atoms with Crippen LogP contribution in [0.2, 0.25) is 0 Å². The summed E-state index contributed by atoms with van der Waals surface area (Å²) in [5.74, 6) is 0. The zero-order valence-corrected chi connectivity index (χ0v) is 10.1. The summed E-state index contributed by atoms with van der Waals surface area (Å²) in [5.41, 5.74) is 2.89. The van der Waals surface area contributed by atoms with Crippen molar-refractivity contribution < 1.29 is 0 Å². The molecule has 3 nitrogen and oxygen atoms in total. The lowest BCUT2D eigenvalue weighted by Gasteiger charge is -1.88. The summed E-state index contributed by atoms with van der Waals surface area (Å²) in [4.78, 5) is 16.7. The molecule has 0 fully saturated rings. The van der Waals surface area contributed by atoms with Crippen molar-refractivity contribution in [2.45, 2.75) is 34.6 Å². The quantitative estimate of drug-likeness (QED) is 0.686. The van der Waals surface area contributed by atoms with Gasteiger partial charge in [-0.1, -0.05) is 27.7 Å². The van der Waals surface area contributed by atoms with Gasteiger partial charge in [0.05, 0.1) is 11.0 Å². The number of fused-ring (bicyclic) bond motifs is 1. The molecule has 0 atom stereocenters. The molecule has 0 unspecified atom stereocenters. The van der Waals surface area contributed by atoms with Crippen LogP contribution in [0.25, 0.3) is 11.0 Å². The predicted molar refractivity (Wildman–Crippen MR) is 66.4 cm³/mol. The molecule has 0 amide bonds. The summed E-state index contributed by atoms with van der Waals surface area (Å²) in [6, 6.07) is 3.29. The van der Waals surface area contributed by atoms with Gasteiger partial charge in [-0.25, -0.2) is 0 Å². The highest BCUT2D eigenvalue weighted by Gasteiger charge is 1.97. The van der Waals surface area contributed by atoms with Crippen molar-refractivity contribution in [1.82, 2.24) is 9.97 Å². The molecule has 0 aromatic carbocycles. The molecule has 0 aliphatic carbocycles. The Kier molecular flexibility index (Phi) is 6.18. The van der Waals surface area contributed by atoms with E-state index in [4.69, 9.17) is 0 Å². The first-order valence-electron chi connectivity index (χ1n) is 5.44. The molecule has 84 valence electrons. The lowest BCUT2D eigenvalue weighted by atomic mass is 10.3. The fourth-order valence-electron chi connectivity index (χ4n) is 1.16. The molecule has 0 bridgehead atoms. The topological polar surface area (TPSA) is 48.6 Å². The average Bonchev–Trinajstić information content (AvgIpc) is 2.66. The summed E-state index contributed by atoms with van der Waals surface area (Å²) in [6.07, 6.45) is 1.88. The zero-order valence-electron chi connectivity index (χ0n) is 10.1. The van der Waals surface area contributed by atoms with E-state index in [1.165, 1.54) is 6.07 Å². The van der Waals surface area contributed by atoms with E-state index in [2.05, 4.69) is 9.97 Å². The first kappa shape index (κ1) is 13.5. The van der Waals surface area contributed by atoms with E-state index >= 15 is 0 Å². The highest BCUT2D eigenvalue weighted by Crippen LogP contribution is 2.10. The van der Waals surface area contributed by atoms with Gasteiger partial charge in [0.2, 0.25) is 5.56 Å². The van der Waals surface area contributed by atoms with Crippen LogP contribution >= 0.6 is 0 Å². The van der Waals surface area contributed by atoms with Crippen molar-refractivity contribution in [3.63, 3.8) is 0 Å². The Balaban J connectivity index is 0.000000442. The molecule has 0 saturated heterocycles. The molecule has 0 spiro atoms. The third-order valence-corrected chi connectivity index (χ3v) is 1.76. The number of aromatic nitrogens is 2. The average molecular weight is 208 g/mol. The molecule has 0 aliphatic heterocycles. The highest BCUT2D eigenvalue weighted by atomic mass is 16.1. The number of hydrogen-bond acceptors (Lipinski definition) is 1. The fraction of sp³-hybridized carbons (Fsp3) is 0.417. The van der Waals surface area contributed by atoms with Crippen LogP contribution in [0.1, 0.15) is 33.3 Å². The maximum atomic E-state index is 10.9. The molecule has 0 saturated carbocycles. The highest BCUT2D eigenvalue weighted by molar-refractivity contribution is 5.77. The van der Waals surface area contributed by atoms with Gasteiger partial charge in [0, 0.05) is 12.3 Å². The molecular weight excluding hydrogens is 188 g/mol. The molecule has 2 aromatic rings. The summed E-state index contributed by atoms with van der Waals surface area (Å²) in [7, 11) is 0. The fourth-order valence-corrected chi connectivity index (χ4v) is 1.16. The Morgan fingerprint density at radius 2 is 1.67 bits per heavy atom. The second kappa shape index (κ2) is 6.87. The van der Waals surface area contributed by atoms with Crippen LogP contribution in [0.3, 0.4) is 0 Å². The van der Waals surface area contributed by atoms with E-state index in [1.807, 2.05) is 40.8 Å². The largest absolute Gasteiger partial charge is 0.360 e. The van der Waals surface area contributed by atoms with Gasteiger partial charge in [-0.3, -0.25) is 4.79 Å². The van der Waals surface area contributed by atoms with Crippen molar-refractivity contribution in [2.24, 2.45) is 0 Å². The molecule has 15 heavy (non-hydrogen) atoms. The lowest BCUT2D eigenvalue weighted by molar-refractivity contribution is 1.30. The molecule has 2 aromatic heterocycles. The van der Waals surface area contributed by atoms with Crippen molar-refractivity contribution in [3.8, 4) is 0 Å². The monoisotopic (exact) mass is 208 g/mol. The maximum Gasteiger partial charge on any atom is 0.248 e. The number of hydrogen-bond donors (Lipinski definition) is 2. The summed E-state index contributed by atoms with van der Waals surface area (Å²) in [6.45, 7) is 9.95. The van der Waals surface area contributed by atoms with E-state index in [0.717, 1.165) is 16.6 Å². The van der Waals surface area contributed by atoms with E-state index in [1.54, 1.807) is 6.07 Å². The van der Waals surface area contributed by atoms with Crippen molar-refractivity contribution in [1.29, 1.82) is 0 Å². The number of aryl methyl sites for hydroxylation is 1. The van der Waals surface area contributed by atoms with Crippen LogP contribution in [0.15, 0.2) is 23.1 Å². The Labute approximate surface area is 90.5 Å². The minimum Gasteiger partial charge on any atom is -0.360 e. The first-order valence-corrected chi connectivity index (χ1v) is 5.44. The van der Waals surface area contributed by atoms with Crippen LogP contribution in [-0.2, 0) is 0 Å². The number of nitrogens with one attached hydrogen (secondary N) is 2. The Hall–Kier alpha value is -1.51. The van der Waals surface area contributed by atoms with Gasteiger partial charge < -0.3 is 9.97 Å². The van der Waals surface area contributed by atoms with E-state index in [0.29, 0.717) is 0 Å². The standard InChI is InChI=1S/C8H8N2O.2C2H6/c1-5-4-9-6-2-3-7(11)10-8(5)6;2*1-2/h2-4,9H,1H3,(H,10,11);2*1-2H3. The molecule has 2 N–H and O–H groups in total. The first-order chi connectivity index (χ1) is 7.27. The lowest BCUT2D eigenvalue weighted by Crippen LogP contribution is -2.01. The summed E-state index contributed by atoms with van der Waals surface area (Å²) < 4.78 is 0. The molecule has 0 radical (unpaired) electrons. The number of aromatic amines is 2. The summed E-state index contributed by atoms with van der Waals surface area (Å²) >= 11 is 0. The molecule has 3 heteroatoms. The van der Waals surface area contributed by atoms with Crippen LogP contribution in [0, 0.1) is 6.92 Å². The van der Waals surface area contributed by atoms with Gasteiger partial charge in [0.1, 0.15) is 0 Å². The zero-order chi connectivity index (χ0) is 11.8. The number of H-pyrrole nitrogens is 2. The Morgan fingerprint density at radius 3 is 2.27 bits per heavy atom. The molecule has 0 aliphatic rings. The van der Waals surface area contributed by atoms with Crippen LogP contribution in [-0.4, -0.2) is 9.97 Å². The van der Waals surface area contributed by atoms with Gasteiger partial charge in [-0.2, -0.15) is 0 Å². The smallest absolute Gasteiger partial charge is 0.248 e. The summed E-state index contributed by atoms with van der Waals surface area (Å²) in [5, 5.41) is 0. The maximum absolute atomic E-state index is 10.9. The molecule has 2 heterocycles. The molecular formula is C12H20N2O. The number of pyridine rings is 1. The van der Waals surface area contributed by atoms with Gasteiger partial charge in [0.15, 0.2) is 0 Å². The van der Waals surface area contributed by atoms with Crippen LogP contribution in [0.4, 0.5) is 0 Å². The minimum atomic E-state index is -0.0554.